The fourth-order valence-corrected chi connectivity index (χ4v) is 17.6. The predicted octanol–water partition coefficient (Wildman–Crippen LogP) is 18.7. The summed E-state index contributed by atoms with van der Waals surface area (Å²) in [4.78, 5) is 4.84. The van der Waals surface area contributed by atoms with E-state index in [1.807, 2.05) is 144 Å². The first kappa shape index (κ1) is 30.4. The van der Waals surface area contributed by atoms with Crippen molar-refractivity contribution in [1.29, 1.82) is 0 Å². The fraction of sp³-hybridized carbons (Fsp3) is 0.233. The lowest BCUT2D eigenvalue weighted by Crippen LogP contribution is -2.74. The molecule has 92 heavy (non-hydrogen) atoms. The molecule has 0 bridgehead atoms. The molecule has 0 radical (unpaired) electrons. The number of hydrogen-bond donors (Lipinski definition) is 0. The summed E-state index contributed by atoms with van der Waals surface area (Å²) in [5.41, 5.74) is -29.8. The quantitative estimate of drug-likeness (QED) is 0.0560. The molecule has 3 heterocycles. The summed E-state index contributed by atoms with van der Waals surface area (Å²) in [6.07, 6.45) is -14.4. The Morgan fingerprint density at radius 3 is 1.61 bits per heavy atom. The van der Waals surface area contributed by atoms with Gasteiger partial charge in [-0.05, 0) is 172 Å². The molecule has 456 valence electrons. The molecule has 0 saturated heterocycles. The SMILES string of the molecule is [2H]c1c([2H])c2c(c([2H])c1-c1cccc(-c3c([2H])c([2H])c4c(c3[2H])C(C([2H])([2H])[2H])(C([2H])([2H])[2H])C([2H])([2H])C([2H])([2H])C4(C([2H])([2H])[2H])C([2H])([2H])[2H])c1-[n+]1[c-]n(-c3cccc(Oc4ccc5c6ccccc6n(-c6cc(C(C)(C)C)ccn6)c5c4)c3)c3cc([Si](c4ccccc4)(c4ccccc4)c4ccccc4)ccc31)C(C([2H])([2H])[2H])(C([2H])([2H])[2H])C([2H])([2H])C([2H])([2H])C2(C([2H])([2H])[2H])C([2H])([2H])[2H]. The Labute approximate surface area is 598 Å². The standard InChI is InChI=1S/C86H82N4OSi/c1-82(2,3)60-45-50-87-80(53-60)90-76-36-22-21-33-70(76)71-41-39-63(55-78(71)90)91-62-26-23-25-61(54-62)88-57-89(77-44-40-67(56-79(77)88)92(64-27-15-12-16-28-64,65-29-17-13-18-30-65)66-31-19-14-20-32-66)81-68(58-37-42-72-74(51-58)85(8,9)48-46-83(72,4)5)34-24-35-69(81)59-38-43-73-75(52-59)86(10,11)49-47-84(73,6)7/h12-45,50-56H,46-49H2,1-11H3/i4D3,5D3,6D3,7D3,8D3,9D3,10D3,11D3,37D,38D,42D,43D,46D2,47D2,48D2,49D2,51D,52D. The molecule has 2 aliphatic rings. The van der Waals surface area contributed by atoms with Crippen LogP contribution in [-0.2, 0) is 27.1 Å². The number of pyridine rings is 1. The summed E-state index contributed by atoms with van der Waals surface area (Å²) in [6.45, 7) is -30.5. The lowest BCUT2D eigenvalue weighted by Gasteiger charge is -2.42. The van der Waals surface area contributed by atoms with Crippen molar-refractivity contribution in [1.82, 2.24) is 14.1 Å². The number of fused-ring (bicyclic) bond motifs is 6. The van der Waals surface area contributed by atoms with Gasteiger partial charge < -0.3 is 4.74 Å². The minimum atomic E-state index is -4.89. The highest BCUT2D eigenvalue weighted by molar-refractivity contribution is 7.20. The molecular weight excluding hydrogens is 1130 g/mol. The summed E-state index contributed by atoms with van der Waals surface area (Å²) in [5, 5.41) is 4.64. The predicted molar refractivity (Wildman–Crippen MR) is 386 cm³/mol. The minimum Gasteiger partial charge on any atom is -0.458 e. The van der Waals surface area contributed by atoms with Crippen LogP contribution in [0.15, 0.2) is 249 Å². The molecule has 0 N–H and O–H groups in total. The van der Waals surface area contributed by atoms with E-state index < -0.39 is 196 Å². The first-order chi connectivity index (χ1) is 59.8. The second-order valence-electron chi connectivity index (χ2n) is 24.3. The average Bonchev–Trinajstić information content (AvgIpc) is 0.683. The van der Waals surface area contributed by atoms with E-state index in [-0.39, 0.29) is 33.6 Å². The van der Waals surface area contributed by atoms with E-state index in [9.17, 15) is 35.6 Å². The molecule has 0 atom stereocenters. The van der Waals surface area contributed by atoms with Gasteiger partial charge in [-0.15, -0.1) is 0 Å². The molecule has 15 rings (SSSR count). The van der Waals surface area contributed by atoms with Gasteiger partial charge in [0, 0.05) is 66.9 Å². The highest BCUT2D eigenvalue weighted by Crippen LogP contribution is 2.50. The van der Waals surface area contributed by atoms with Crippen LogP contribution in [0.5, 0.6) is 11.5 Å². The van der Waals surface area contributed by atoms with Crippen LogP contribution >= 0.6 is 0 Å². The summed E-state index contributed by atoms with van der Waals surface area (Å²) in [6, 6.07) is 48.8. The van der Waals surface area contributed by atoms with Crippen LogP contribution in [0.25, 0.3) is 72.3 Å². The third-order valence-corrected chi connectivity index (χ3v) is 22.1. The Morgan fingerprint density at radius 2 is 1.03 bits per heavy atom. The second-order valence-corrected chi connectivity index (χ2v) is 28.1. The van der Waals surface area contributed by atoms with E-state index >= 15 is 0 Å². The highest BCUT2D eigenvalue weighted by atomic mass is 28.3. The maximum absolute atomic E-state index is 10.7. The maximum Gasteiger partial charge on any atom is 0.269 e. The Morgan fingerprint density at radius 1 is 0.500 bits per heavy atom. The number of rotatable bonds is 11. The second kappa shape index (κ2) is 21.9. The molecule has 10 aromatic carbocycles. The van der Waals surface area contributed by atoms with E-state index in [0.29, 0.717) is 16.5 Å². The van der Waals surface area contributed by atoms with Crippen molar-refractivity contribution in [3.63, 3.8) is 0 Å². The zero-order chi connectivity index (χ0) is 95.9. The molecule has 2 aliphatic carbocycles. The van der Waals surface area contributed by atoms with Crippen molar-refractivity contribution in [2.45, 2.75) is 128 Å². The molecule has 6 heteroatoms. The molecule has 0 unspecified atom stereocenters. The third-order valence-electron chi connectivity index (χ3n) is 17.3. The number of imidazole rings is 1. The van der Waals surface area contributed by atoms with Crippen LogP contribution in [0.1, 0.15) is 181 Å². The monoisotopic (exact) mass is 1250 g/mol. The van der Waals surface area contributed by atoms with Gasteiger partial charge in [0.15, 0.2) is 8.07 Å². The molecule has 5 nitrogen and oxygen atoms in total. The molecule has 0 aliphatic heterocycles. The van der Waals surface area contributed by atoms with E-state index in [1.54, 1.807) is 48.7 Å². The smallest absolute Gasteiger partial charge is 0.269 e. The average molecular weight is 1250 g/mol. The first-order valence-corrected chi connectivity index (χ1v) is 31.7. The van der Waals surface area contributed by atoms with Gasteiger partial charge in [0.05, 0.1) is 41.7 Å². The number of hydrogen-bond acceptors (Lipinski definition) is 2. The minimum absolute atomic E-state index is 0.0393. The molecule has 0 amide bonds. The molecule has 0 fully saturated rings. The van der Waals surface area contributed by atoms with Gasteiger partial charge in [0.2, 0.25) is 0 Å². The molecule has 3 aromatic heterocycles. The van der Waals surface area contributed by atoms with Crippen molar-refractivity contribution >= 4 is 61.7 Å². The zero-order valence-corrected chi connectivity index (χ0v) is 50.9. The molecular formula is C86H82N4OSi. The number of benzene rings is 10. The van der Waals surface area contributed by atoms with Gasteiger partial charge in [-0.1, -0.05) is 264 Å². The van der Waals surface area contributed by atoms with E-state index in [0.717, 1.165) is 60.2 Å². The van der Waals surface area contributed by atoms with Crippen molar-refractivity contribution in [3.05, 3.63) is 283 Å². The number of ether oxygens (including phenoxy) is 1. The van der Waals surface area contributed by atoms with E-state index in [1.165, 1.54) is 10.6 Å². The summed E-state index contributed by atoms with van der Waals surface area (Å²) in [5.74, 6) is 0.972. The van der Waals surface area contributed by atoms with E-state index in [4.69, 9.17) is 26.2 Å². The fourth-order valence-electron chi connectivity index (χ4n) is 12.9. The van der Waals surface area contributed by atoms with Crippen molar-refractivity contribution < 1.29 is 61.4 Å². The van der Waals surface area contributed by atoms with Gasteiger partial charge in [0.1, 0.15) is 17.3 Å². The van der Waals surface area contributed by atoms with Gasteiger partial charge in [-0.3, -0.25) is 13.7 Å². The van der Waals surface area contributed by atoms with E-state index in [2.05, 4.69) is 27.1 Å². The highest BCUT2D eigenvalue weighted by Gasteiger charge is 2.43. The van der Waals surface area contributed by atoms with Gasteiger partial charge in [0.25, 0.3) is 6.33 Å². The normalized spacial score (nSPS) is 25.1. The van der Waals surface area contributed by atoms with Crippen LogP contribution in [0.4, 0.5) is 0 Å². The number of para-hydroxylation sites is 2. The zero-order valence-electron chi connectivity index (χ0n) is 87.9. The van der Waals surface area contributed by atoms with Crippen molar-refractivity contribution in [3.8, 4) is 50.9 Å². The Hall–Kier alpha value is -9.36. The molecule has 0 spiro atoms. The number of aromatic nitrogens is 4. The lowest BCUT2D eigenvalue weighted by atomic mass is 9.62. The van der Waals surface area contributed by atoms with Crippen LogP contribution in [0.3, 0.4) is 0 Å². The molecule has 0 saturated carbocycles. The molecule has 13 aromatic rings. The largest absolute Gasteiger partial charge is 0.458 e. The van der Waals surface area contributed by atoms with Crippen LogP contribution < -0.4 is 30.1 Å². The topological polar surface area (TPSA) is 35.9 Å². The third kappa shape index (κ3) is 9.87. The van der Waals surface area contributed by atoms with Crippen molar-refractivity contribution in [2.24, 2.45) is 0 Å². The Balaban J connectivity index is 1.16. The lowest BCUT2D eigenvalue weighted by molar-refractivity contribution is -0.571. The van der Waals surface area contributed by atoms with Gasteiger partial charge in [-0.25, -0.2) is 4.98 Å². The maximum atomic E-state index is 10.7. The van der Waals surface area contributed by atoms with Crippen LogP contribution in [0, 0.1) is 6.33 Å². The van der Waals surface area contributed by atoms with Crippen LogP contribution in [0.2, 0.25) is 0 Å². The first-order valence-electron chi connectivity index (χ1n) is 48.7. The van der Waals surface area contributed by atoms with Crippen molar-refractivity contribution in [2.75, 3.05) is 0 Å². The summed E-state index contributed by atoms with van der Waals surface area (Å²) >= 11 is 0. The Bertz CT molecular complexity index is 6390. The summed E-state index contributed by atoms with van der Waals surface area (Å²) in [7, 11) is -3.83. The van der Waals surface area contributed by atoms with Gasteiger partial charge in [-0.2, -0.15) is 0 Å². The number of nitrogens with zero attached hydrogens (tertiary/aromatic N) is 4. The summed E-state index contributed by atoms with van der Waals surface area (Å²) < 4.78 is 372. The van der Waals surface area contributed by atoms with Gasteiger partial charge >= 0.3 is 0 Å². The Kier molecular flexibility index (Phi) is 7.24. The van der Waals surface area contributed by atoms with Crippen LogP contribution in [-0.4, -0.2) is 22.2 Å².